The zero-order valence-electron chi connectivity index (χ0n) is 8.56. The van der Waals surface area contributed by atoms with Gasteiger partial charge in [-0.05, 0) is 24.1 Å². The number of carbonyl (C=O) groups is 2. The van der Waals surface area contributed by atoms with E-state index < -0.39 is 0 Å². The van der Waals surface area contributed by atoms with Crippen LogP contribution in [0.2, 0.25) is 0 Å². The topological polar surface area (TPSA) is 50.3 Å². The molecule has 0 bridgehead atoms. The quantitative estimate of drug-likeness (QED) is 0.676. The highest BCUT2D eigenvalue weighted by atomic mass is 16.2. The number of amides is 2. The number of aromatic nitrogens is 1. The number of imide groups is 1. The molecule has 2 rings (SSSR count). The minimum absolute atomic E-state index is 0.0803. The Labute approximate surface area is 87.9 Å². The molecule has 2 amide bonds. The summed E-state index contributed by atoms with van der Waals surface area (Å²) in [5, 5.41) is 0. The predicted molar refractivity (Wildman–Crippen MR) is 53.8 cm³/mol. The maximum absolute atomic E-state index is 11.4. The normalized spacial score (nSPS) is 16.2. The number of hydrogen-bond acceptors (Lipinski definition) is 3. The van der Waals surface area contributed by atoms with Crippen LogP contribution in [-0.4, -0.2) is 21.7 Å². The van der Waals surface area contributed by atoms with Crippen LogP contribution in [0.25, 0.3) is 0 Å². The average molecular weight is 204 g/mol. The summed E-state index contributed by atoms with van der Waals surface area (Å²) in [6.45, 7) is 2.30. The molecule has 4 heteroatoms. The SMILES string of the molecule is Cc1ccncc1CN1C(=O)CCC1=O. The van der Waals surface area contributed by atoms with E-state index in [1.54, 1.807) is 12.4 Å². The summed E-state index contributed by atoms with van der Waals surface area (Å²) in [5.41, 5.74) is 1.98. The van der Waals surface area contributed by atoms with Crippen molar-refractivity contribution in [2.24, 2.45) is 0 Å². The van der Waals surface area contributed by atoms with Gasteiger partial charge in [0.1, 0.15) is 0 Å². The first-order chi connectivity index (χ1) is 7.18. The van der Waals surface area contributed by atoms with E-state index in [-0.39, 0.29) is 11.8 Å². The van der Waals surface area contributed by atoms with Crippen LogP contribution in [0.15, 0.2) is 18.5 Å². The lowest BCUT2D eigenvalue weighted by molar-refractivity contribution is -0.139. The summed E-state index contributed by atoms with van der Waals surface area (Å²) in [6.07, 6.45) is 4.09. The Morgan fingerprint density at radius 3 is 2.60 bits per heavy atom. The molecule has 0 aromatic carbocycles. The zero-order chi connectivity index (χ0) is 10.8. The van der Waals surface area contributed by atoms with Crippen molar-refractivity contribution in [3.63, 3.8) is 0 Å². The Balaban J connectivity index is 2.18. The molecule has 2 heterocycles. The summed E-state index contributed by atoms with van der Waals surface area (Å²) in [6, 6.07) is 1.88. The number of nitrogens with zero attached hydrogens (tertiary/aromatic N) is 2. The van der Waals surface area contributed by atoms with E-state index in [9.17, 15) is 9.59 Å². The van der Waals surface area contributed by atoms with E-state index >= 15 is 0 Å². The van der Waals surface area contributed by atoms with Gasteiger partial charge in [-0.2, -0.15) is 0 Å². The fraction of sp³-hybridized carbons (Fsp3) is 0.364. The molecule has 1 aromatic rings. The molecule has 1 fully saturated rings. The molecule has 1 aliphatic rings. The van der Waals surface area contributed by atoms with Gasteiger partial charge in [0.2, 0.25) is 11.8 Å². The van der Waals surface area contributed by atoms with Gasteiger partial charge in [-0.15, -0.1) is 0 Å². The van der Waals surface area contributed by atoms with Crippen molar-refractivity contribution in [3.05, 3.63) is 29.6 Å². The van der Waals surface area contributed by atoms with Crippen LogP contribution in [-0.2, 0) is 16.1 Å². The van der Waals surface area contributed by atoms with Gasteiger partial charge < -0.3 is 0 Å². The van der Waals surface area contributed by atoms with Gasteiger partial charge in [0.05, 0.1) is 6.54 Å². The Kier molecular flexibility index (Phi) is 2.49. The van der Waals surface area contributed by atoms with Crippen LogP contribution in [0, 0.1) is 6.92 Å². The molecule has 1 aromatic heterocycles. The molecule has 0 N–H and O–H groups in total. The number of rotatable bonds is 2. The molecule has 0 unspecified atom stereocenters. The third-order valence-corrected chi connectivity index (χ3v) is 2.63. The Hall–Kier alpha value is -1.71. The fourth-order valence-corrected chi connectivity index (χ4v) is 1.63. The van der Waals surface area contributed by atoms with Crippen molar-refractivity contribution in [3.8, 4) is 0 Å². The number of pyridine rings is 1. The lowest BCUT2D eigenvalue weighted by Crippen LogP contribution is -2.28. The molecule has 1 saturated heterocycles. The molecule has 0 aliphatic carbocycles. The van der Waals surface area contributed by atoms with Crippen molar-refractivity contribution < 1.29 is 9.59 Å². The third kappa shape index (κ3) is 1.88. The first kappa shape index (κ1) is 9.83. The first-order valence-electron chi connectivity index (χ1n) is 4.91. The third-order valence-electron chi connectivity index (χ3n) is 2.63. The summed E-state index contributed by atoms with van der Waals surface area (Å²) in [5.74, 6) is -0.161. The molecule has 0 saturated carbocycles. The van der Waals surface area contributed by atoms with E-state index in [1.807, 2.05) is 13.0 Å². The Morgan fingerprint density at radius 2 is 2.00 bits per heavy atom. The monoisotopic (exact) mass is 204 g/mol. The van der Waals surface area contributed by atoms with Crippen molar-refractivity contribution in [1.82, 2.24) is 9.88 Å². The molecule has 15 heavy (non-hydrogen) atoms. The molecule has 0 radical (unpaired) electrons. The van der Waals surface area contributed by atoms with E-state index in [0.717, 1.165) is 11.1 Å². The number of hydrogen-bond donors (Lipinski definition) is 0. The number of aryl methyl sites for hydroxylation is 1. The van der Waals surface area contributed by atoms with Crippen molar-refractivity contribution in [1.29, 1.82) is 0 Å². The summed E-state index contributed by atoms with van der Waals surface area (Å²) < 4.78 is 0. The van der Waals surface area contributed by atoms with Gasteiger partial charge in [0, 0.05) is 25.2 Å². The molecule has 1 aliphatic heterocycles. The fourth-order valence-electron chi connectivity index (χ4n) is 1.63. The van der Waals surface area contributed by atoms with Crippen LogP contribution in [0.3, 0.4) is 0 Å². The van der Waals surface area contributed by atoms with Gasteiger partial charge in [-0.25, -0.2) is 0 Å². The van der Waals surface area contributed by atoms with Crippen molar-refractivity contribution in [2.75, 3.05) is 0 Å². The van der Waals surface area contributed by atoms with Gasteiger partial charge in [0.25, 0.3) is 0 Å². The zero-order valence-corrected chi connectivity index (χ0v) is 8.56. The van der Waals surface area contributed by atoms with Crippen molar-refractivity contribution in [2.45, 2.75) is 26.3 Å². The van der Waals surface area contributed by atoms with E-state index in [4.69, 9.17) is 0 Å². The van der Waals surface area contributed by atoms with E-state index in [0.29, 0.717) is 19.4 Å². The van der Waals surface area contributed by atoms with Crippen LogP contribution < -0.4 is 0 Å². The van der Waals surface area contributed by atoms with Crippen LogP contribution in [0.1, 0.15) is 24.0 Å². The van der Waals surface area contributed by atoms with Gasteiger partial charge in [-0.1, -0.05) is 0 Å². The maximum atomic E-state index is 11.4. The molecular weight excluding hydrogens is 192 g/mol. The van der Waals surface area contributed by atoms with Gasteiger partial charge >= 0.3 is 0 Å². The van der Waals surface area contributed by atoms with Crippen LogP contribution in [0.5, 0.6) is 0 Å². The van der Waals surface area contributed by atoms with Gasteiger partial charge in [0.15, 0.2) is 0 Å². The Bertz CT molecular complexity index is 399. The minimum atomic E-state index is -0.0803. The van der Waals surface area contributed by atoms with E-state index in [1.165, 1.54) is 4.90 Å². The second-order valence-electron chi connectivity index (χ2n) is 3.68. The second kappa shape index (κ2) is 3.81. The molecular formula is C11H12N2O2. The molecule has 78 valence electrons. The van der Waals surface area contributed by atoms with E-state index in [2.05, 4.69) is 4.98 Å². The number of likely N-dealkylation sites (tertiary alicyclic amines) is 1. The lowest BCUT2D eigenvalue weighted by atomic mass is 10.1. The molecule has 0 spiro atoms. The smallest absolute Gasteiger partial charge is 0.229 e. The highest BCUT2D eigenvalue weighted by molar-refractivity contribution is 6.01. The Morgan fingerprint density at radius 1 is 1.33 bits per heavy atom. The maximum Gasteiger partial charge on any atom is 0.229 e. The number of carbonyl (C=O) groups excluding carboxylic acids is 2. The van der Waals surface area contributed by atoms with Crippen LogP contribution in [0.4, 0.5) is 0 Å². The minimum Gasteiger partial charge on any atom is -0.278 e. The second-order valence-corrected chi connectivity index (χ2v) is 3.68. The summed E-state index contributed by atoms with van der Waals surface area (Å²) >= 11 is 0. The van der Waals surface area contributed by atoms with Crippen LogP contribution >= 0.6 is 0 Å². The lowest BCUT2D eigenvalue weighted by Gasteiger charge is -2.14. The largest absolute Gasteiger partial charge is 0.278 e. The molecule has 0 atom stereocenters. The average Bonchev–Trinajstić information content (AvgIpc) is 2.53. The highest BCUT2D eigenvalue weighted by Gasteiger charge is 2.28. The van der Waals surface area contributed by atoms with Crippen molar-refractivity contribution >= 4 is 11.8 Å². The molecule has 4 nitrogen and oxygen atoms in total. The summed E-state index contributed by atoms with van der Waals surface area (Å²) in [4.78, 5) is 28.1. The predicted octanol–water partition coefficient (Wildman–Crippen LogP) is 1.04. The van der Waals surface area contributed by atoms with Gasteiger partial charge in [-0.3, -0.25) is 19.5 Å². The summed E-state index contributed by atoms with van der Waals surface area (Å²) in [7, 11) is 0. The first-order valence-corrected chi connectivity index (χ1v) is 4.91. The standard InChI is InChI=1S/C11H12N2O2/c1-8-4-5-12-6-9(8)7-13-10(14)2-3-11(13)15/h4-6H,2-3,7H2,1H3. The highest BCUT2D eigenvalue weighted by Crippen LogP contribution is 2.16.